The summed E-state index contributed by atoms with van der Waals surface area (Å²) in [5.41, 5.74) is -0.639. The van der Waals surface area contributed by atoms with Crippen molar-refractivity contribution in [2.75, 3.05) is 19.8 Å². The molecule has 19 heavy (non-hydrogen) atoms. The minimum atomic E-state index is -4.97. The molecule has 0 aromatic heterocycles. The van der Waals surface area contributed by atoms with Gasteiger partial charge in [-0.05, 0) is 18.6 Å². The van der Waals surface area contributed by atoms with Crippen molar-refractivity contribution in [3.8, 4) is 5.75 Å². The van der Waals surface area contributed by atoms with E-state index in [1.165, 1.54) is 12.1 Å². The molecule has 0 aliphatic carbocycles. The van der Waals surface area contributed by atoms with Crippen LogP contribution in [0.1, 0.15) is 19.8 Å². The van der Waals surface area contributed by atoms with Crippen LogP contribution in [0.2, 0.25) is 0 Å². The number of unbranched alkanes of at least 4 members (excludes halogenated alkanes) is 1. The number of hydrogen-bond donors (Lipinski definition) is 0. The van der Waals surface area contributed by atoms with Gasteiger partial charge >= 0.3 is 58.4 Å². The molecule has 0 amide bonds. The van der Waals surface area contributed by atoms with Gasteiger partial charge in [0, 0.05) is 6.61 Å². The molecule has 0 aliphatic rings. The maximum Gasteiger partial charge on any atom is 1.00 e. The van der Waals surface area contributed by atoms with Gasteiger partial charge in [-0.3, -0.25) is 0 Å². The fraction of sp³-hybridized carbons (Fsp3) is 0.500. The van der Waals surface area contributed by atoms with Gasteiger partial charge in [-0.15, -0.1) is 5.46 Å². The summed E-state index contributed by atoms with van der Waals surface area (Å²) < 4.78 is 47.9. The summed E-state index contributed by atoms with van der Waals surface area (Å²) in [6, 6.07) is 4.92. The number of rotatable bonds is 8. The first kappa shape index (κ1) is 19.5. The third-order valence-corrected chi connectivity index (χ3v) is 2.37. The van der Waals surface area contributed by atoms with E-state index in [9.17, 15) is 12.9 Å². The van der Waals surface area contributed by atoms with Crippen LogP contribution in [0.25, 0.3) is 0 Å². The fourth-order valence-electron chi connectivity index (χ4n) is 1.37. The zero-order valence-electron chi connectivity index (χ0n) is 11.4. The van der Waals surface area contributed by atoms with Crippen LogP contribution >= 0.6 is 0 Å². The van der Waals surface area contributed by atoms with Gasteiger partial charge in [-0.2, -0.15) is 0 Å². The van der Waals surface area contributed by atoms with E-state index in [1.807, 2.05) is 0 Å². The maximum absolute atomic E-state index is 12.5. The molecular formula is C12H17BF3KO2. The second-order valence-corrected chi connectivity index (χ2v) is 3.96. The fourth-order valence-corrected chi connectivity index (χ4v) is 1.37. The van der Waals surface area contributed by atoms with Crippen LogP contribution in [-0.4, -0.2) is 26.8 Å². The predicted molar refractivity (Wildman–Crippen MR) is 66.4 cm³/mol. The van der Waals surface area contributed by atoms with Crippen LogP contribution in [0.15, 0.2) is 24.3 Å². The molecule has 102 valence electrons. The second-order valence-electron chi connectivity index (χ2n) is 3.96. The summed E-state index contributed by atoms with van der Waals surface area (Å²) in [5.74, 6) is 0.228. The van der Waals surface area contributed by atoms with Gasteiger partial charge in [-0.1, -0.05) is 25.5 Å². The Bertz CT molecular complexity index is 361. The van der Waals surface area contributed by atoms with E-state index in [0.29, 0.717) is 13.2 Å². The van der Waals surface area contributed by atoms with E-state index in [1.54, 1.807) is 0 Å². The van der Waals surface area contributed by atoms with Crippen molar-refractivity contribution in [1.82, 2.24) is 0 Å². The van der Waals surface area contributed by atoms with Crippen molar-refractivity contribution in [3.05, 3.63) is 24.3 Å². The summed E-state index contributed by atoms with van der Waals surface area (Å²) >= 11 is 0. The maximum atomic E-state index is 12.5. The van der Waals surface area contributed by atoms with Crippen LogP contribution < -0.4 is 61.6 Å². The molecule has 0 saturated heterocycles. The van der Waals surface area contributed by atoms with Crippen molar-refractivity contribution >= 4 is 12.4 Å². The first-order valence-electron chi connectivity index (χ1n) is 6.04. The number of benzene rings is 1. The van der Waals surface area contributed by atoms with Crippen molar-refractivity contribution < 1.29 is 73.8 Å². The Balaban J connectivity index is 0.00000324. The molecule has 0 bridgehead atoms. The van der Waals surface area contributed by atoms with Crippen LogP contribution in [0.5, 0.6) is 5.75 Å². The topological polar surface area (TPSA) is 18.5 Å². The van der Waals surface area contributed by atoms with Gasteiger partial charge in [0.15, 0.2) is 0 Å². The third kappa shape index (κ3) is 8.37. The molecule has 0 heterocycles. The Hall–Kier alpha value is 0.471. The first-order chi connectivity index (χ1) is 8.54. The largest absolute Gasteiger partial charge is 1.00 e. The Morgan fingerprint density at radius 2 is 1.84 bits per heavy atom. The number of ether oxygens (including phenoxy) is 2. The normalized spacial score (nSPS) is 10.9. The molecule has 0 radical (unpaired) electrons. The molecule has 0 unspecified atom stereocenters. The Kier molecular flexibility index (Phi) is 10.5. The summed E-state index contributed by atoms with van der Waals surface area (Å²) in [6.45, 7) is -1.60. The summed E-state index contributed by atoms with van der Waals surface area (Å²) in [4.78, 5) is 0. The molecule has 0 fully saturated rings. The van der Waals surface area contributed by atoms with Gasteiger partial charge in [0.2, 0.25) is 0 Å². The van der Waals surface area contributed by atoms with Crippen LogP contribution in [-0.2, 0) is 4.74 Å². The summed E-state index contributed by atoms with van der Waals surface area (Å²) in [7, 11) is 0. The van der Waals surface area contributed by atoms with Gasteiger partial charge in [0.25, 0.3) is 0 Å². The van der Waals surface area contributed by atoms with Crippen molar-refractivity contribution in [3.63, 3.8) is 0 Å². The zero-order chi connectivity index (χ0) is 13.4. The molecule has 0 aliphatic heterocycles. The SMILES string of the molecule is CCCCOCCOc1cccc([B-](F)(F)F)c1.[K+]. The molecule has 0 N–H and O–H groups in total. The monoisotopic (exact) mass is 300 g/mol. The molecule has 1 rings (SSSR count). The van der Waals surface area contributed by atoms with Crippen molar-refractivity contribution in [1.29, 1.82) is 0 Å². The molecule has 0 atom stereocenters. The van der Waals surface area contributed by atoms with Crippen molar-refractivity contribution in [2.24, 2.45) is 0 Å². The minimum absolute atomic E-state index is 0. The van der Waals surface area contributed by atoms with E-state index in [2.05, 4.69) is 6.92 Å². The quantitative estimate of drug-likeness (QED) is 0.495. The molecule has 2 nitrogen and oxygen atoms in total. The third-order valence-electron chi connectivity index (χ3n) is 2.37. The molecule has 1 aromatic rings. The molecule has 0 spiro atoms. The van der Waals surface area contributed by atoms with E-state index in [0.717, 1.165) is 25.0 Å². The van der Waals surface area contributed by atoms with Gasteiger partial charge < -0.3 is 22.4 Å². The molecule has 1 aromatic carbocycles. The zero-order valence-corrected chi connectivity index (χ0v) is 14.5. The Morgan fingerprint density at radius 3 is 2.47 bits per heavy atom. The standard InChI is InChI=1S/C12H17BF3O2.K/c1-2-3-7-17-8-9-18-12-6-4-5-11(10-12)13(14,15)16;/h4-6,10H,2-3,7-9H2,1H3;/q-1;+1. The van der Waals surface area contributed by atoms with Crippen LogP contribution in [0, 0.1) is 0 Å². The van der Waals surface area contributed by atoms with E-state index >= 15 is 0 Å². The van der Waals surface area contributed by atoms with Crippen LogP contribution in [0.3, 0.4) is 0 Å². The second kappa shape index (κ2) is 10.2. The van der Waals surface area contributed by atoms with Gasteiger partial charge in [0.05, 0.1) is 6.61 Å². The molecular weight excluding hydrogens is 283 g/mol. The van der Waals surface area contributed by atoms with Crippen molar-refractivity contribution in [2.45, 2.75) is 19.8 Å². The minimum Gasteiger partial charge on any atom is -0.491 e. The van der Waals surface area contributed by atoms with E-state index in [4.69, 9.17) is 9.47 Å². The van der Waals surface area contributed by atoms with Gasteiger partial charge in [0.1, 0.15) is 12.4 Å². The smallest absolute Gasteiger partial charge is 0.491 e. The van der Waals surface area contributed by atoms with Crippen LogP contribution in [0.4, 0.5) is 12.9 Å². The first-order valence-corrected chi connectivity index (χ1v) is 6.04. The molecule has 0 saturated carbocycles. The van der Waals surface area contributed by atoms with Gasteiger partial charge in [-0.25, -0.2) is 0 Å². The predicted octanol–water partition coefficient (Wildman–Crippen LogP) is -0.0595. The Morgan fingerprint density at radius 1 is 1.11 bits per heavy atom. The summed E-state index contributed by atoms with van der Waals surface area (Å²) in [5, 5.41) is 0. The van der Waals surface area contributed by atoms with E-state index < -0.39 is 12.4 Å². The summed E-state index contributed by atoms with van der Waals surface area (Å²) in [6.07, 6.45) is 2.03. The average molecular weight is 300 g/mol. The number of halogens is 3. The average Bonchev–Trinajstić information content (AvgIpc) is 2.33. The Labute approximate surface area is 154 Å². The number of hydrogen-bond acceptors (Lipinski definition) is 2. The van der Waals surface area contributed by atoms with E-state index in [-0.39, 0.29) is 63.7 Å². The molecule has 7 heteroatoms.